The molecule has 0 bridgehead atoms. The van der Waals surface area contributed by atoms with Gasteiger partial charge in [-0.25, -0.2) is 0 Å². The molecule has 0 saturated carbocycles. The van der Waals surface area contributed by atoms with Gasteiger partial charge in [0.2, 0.25) is 5.91 Å². The smallest absolute Gasteiger partial charge is 0.248 e. The molecule has 1 aliphatic heterocycles. The van der Waals surface area contributed by atoms with Crippen LogP contribution in [0.4, 0.5) is 0 Å². The van der Waals surface area contributed by atoms with E-state index in [9.17, 15) is 4.79 Å². The predicted octanol–water partition coefficient (Wildman–Crippen LogP) is 0.356. The Kier molecular flexibility index (Phi) is 0.972. The molecule has 1 rings (SSSR count). The monoisotopic (exact) mass is 120 g/mol. The molecule has 33 valence electrons. The van der Waals surface area contributed by atoms with Gasteiger partial charge in [-0.2, -0.15) is 0 Å². The first kappa shape index (κ1) is 4.33. The highest BCUT2D eigenvalue weighted by Gasteiger charge is 2.32. The Morgan fingerprint density at radius 3 is 2.17 bits per heavy atom. The molecular formula is C2H2NOS2. The molecule has 1 heterocycles. The van der Waals surface area contributed by atoms with Crippen molar-refractivity contribution in [1.82, 2.24) is 0 Å². The fourth-order valence-electron chi connectivity index (χ4n) is 0.103. The molecule has 0 aromatic carbocycles. The highest BCUT2D eigenvalue weighted by molar-refractivity contribution is 8.96. The summed E-state index contributed by atoms with van der Waals surface area (Å²) < 4.78 is 0.731. The average Bonchev–Trinajstić information content (AvgIpc) is 2.06. The molecule has 0 aromatic rings. The first-order valence-corrected chi connectivity index (χ1v) is 3.47. The number of carbonyl (C=O) groups is 1. The number of amides is 1. The Balaban J connectivity index is 2.31. The summed E-state index contributed by atoms with van der Waals surface area (Å²) in [4.78, 5) is 9.91. The normalized spacial score (nSPS) is 20.7. The first-order valence-electron chi connectivity index (χ1n) is 1.32. The molecule has 2 nitrogen and oxygen atoms in total. The number of hydrogen-bond acceptors (Lipinski definition) is 3. The van der Waals surface area contributed by atoms with Gasteiger partial charge >= 0.3 is 0 Å². The zero-order chi connectivity index (χ0) is 4.57. The quantitative estimate of drug-likeness (QED) is 0.401. The van der Waals surface area contributed by atoms with Crippen LogP contribution in [-0.4, -0.2) is 5.91 Å². The Labute approximate surface area is 43.2 Å². The molecule has 0 aromatic heterocycles. The van der Waals surface area contributed by atoms with Gasteiger partial charge in [-0.3, -0.25) is 4.79 Å². The van der Waals surface area contributed by atoms with Gasteiger partial charge in [0.1, 0.15) is 0 Å². The lowest BCUT2D eigenvalue weighted by Crippen LogP contribution is -2.09. The van der Waals surface area contributed by atoms with Crippen LogP contribution in [0, 0.1) is 4.58 Å². The largest absolute Gasteiger partial charge is 0.368 e. The summed E-state index contributed by atoms with van der Waals surface area (Å²) in [6, 6.07) is 0. The van der Waals surface area contributed by atoms with Gasteiger partial charge in [0, 0.05) is 0 Å². The SMILES string of the molecule is NC(=O)[C]1SS1. The number of carbonyl (C=O) groups excluding carboxylic acids is 1. The maximum Gasteiger partial charge on any atom is 0.248 e. The van der Waals surface area contributed by atoms with Gasteiger partial charge < -0.3 is 5.73 Å². The lowest BCUT2D eigenvalue weighted by Gasteiger charge is -1.71. The van der Waals surface area contributed by atoms with Crippen molar-refractivity contribution >= 4 is 27.5 Å². The van der Waals surface area contributed by atoms with Crippen molar-refractivity contribution in [2.45, 2.75) is 0 Å². The van der Waals surface area contributed by atoms with Crippen LogP contribution < -0.4 is 5.73 Å². The zero-order valence-electron chi connectivity index (χ0n) is 2.80. The molecule has 1 amide bonds. The molecule has 1 saturated heterocycles. The molecule has 1 fully saturated rings. The third-order valence-electron chi connectivity index (χ3n) is 0.368. The molecule has 0 atom stereocenters. The number of nitrogens with two attached hydrogens (primary N) is 1. The Bertz CT molecular complexity index is 79.6. The Morgan fingerprint density at radius 2 is 2.17 bits per heavy atom. The summed E-state index contributed by atoms with van der Waals surface area (Å²) in [6.45, 7) is 0. The molecule has 0 unspecified atom stereocenters. The summed E-state index contributed by atoms with van der Waals surface area (Å²) in [6.07, 6.45) is 0. The average molecular weight is 120 g/mol. The minimum atomic E-state index is -0.287. The van der Waals surface area contributed by atoms with Crippen LogP contribution in [0.2, 0.25) is 0 Å². The standard InChI is InChI=1S/C2H2NOS2/c3-1(4)2-5-6-2/h(H2,3,4). The molecule has 6 heavy (non-hydrogen) atoms. The topological polar surface area (TPSA) is 43.1 Å². The summed E-state index contributed by atoms with van der Waals surface area (Å²) >= 11 is 0. The first-order chi connectivity index (χ1) is 2.80. The number of primary amides is 1. The zero-order valence-corrected chi connectivity index (χ0v) is 4.44. The molecule has 1 aliphatic rings. The van der Waals surface area contributed by atoms with Crippen LogP contribution in [0.1, 0.15) is 0 Å². The minimum absolute atomic E-state index is 0.287. The van der Waals surface area contributed by atoms with Gasteiger partial charge in [-0.1, -0.05) is 21.6 Å². The van der Waals surface area contributed by atoms with Crippen molar-refractivity contribution in [3.05, 3.63) is 4.58 Å². The number of rotatable bonds is 1. The van der Waals surface area contributed by atoms with E-state index in [0.29, 0.717) is 0 Å². The van der Waals surface area contributed by atoms with Crippen molar-refractivity contribution < 1.29 is 4.79 Å². The van der Waals surface area contributed by atoms with Crippen molar-refractivity contribution in [2.24, 2.45) is 5.73 Å². The third-order valence-corrected chi connectivity index (χ3v) is 2.10. The Morgan fingerprint density at radius 1 is 1.67 bits per heavy atom. The van der Waals surface area contributed by atoms with E-state index in [-0.39, 0.29) is 5.91 Å². The van der Waals surface area contributed by atoms with Crippen LogP contribution in [0.15, 0.2) is 0 Å². The molecule has 0 aliphatic carbocycles. The lowest BCUT2D eigenvalue weighted by molar-refractivity contribution is -0.114. The van der Waals surface area contributed by atoms with Gasteiger partial charge in [0.15, 0.2) is 4.58 Å². The molecule has 2 N–H and O–H groups in total. The highest BCUT2D eigenvalue weighted by atomic mass is 33.2. The lowest BCUT2D eigenvalue weighted by atomic mass is 10.8. The van der Waals surface area contributed by atoms with Crippen LogP contribution in [-0.2, 0) is 4.79 Å². The second-order valence-corrected chi connectivity index (χ2v) is 3.23. The predicted molar refractivity (Wildman–Crippen MR) is 27.6 cm³/mol. The van der Waals surface area contributed by atoms with Crippen molar-refractivity contribution in [3.63, 3.8) is 0 Å². The molecule has 1 radical (unpaired) electrons. The van der Waals surface area contributed by atoms with Gasteiger partial charge in [-0.05, 0) is 0 Å². The van der Waals surface area contributed by atoms with E-state index in [0.717, 1.165) is 4.58 Å². The summed E-state index contributed by atoms with van der Waals surface area (Å²) in [5.74, 6) is -0.287. The van der Waals surface area contributed by atoms with Crippen LogP contribution in [0.3, 0.4) is 0 Å². The van der Waals surface area contributed by atoms with Gasteiger partial charge in [0.05, 0.1) is 0 Å². The summed E-state index contributed by atoms with van der Waals surface area (Å²) in [7, 11) is 2.87. The molecular weight excluding hydrogens is 118 g/mol. The third kappa shape index (κ3) is 0.815. The second kappa shape index (κ2) is 1.35. The second-order valence-electron chi connectivity index (χ2n) is 0.818. The fraction of sp³-hybridized carbons (Fsp3) is 0. The maximum absolute atomic E-state index is 9.91. The minimum Gasteiger partial charge on any atom is -0.368 e. The van der Waals surface area contributed by atoms with Gasteiger partial charge in [0.25, 0.3) is 0 Å². The van der Waals surface area contributed by atoms with E-state index in [1.807, 2.05) is 0 Å². The van der Waals surface area contributed by atoms with Crippen LogP contribution >= 0.6 is 21.6 Å². The van der Waals surface area contributed by atoms with E-state index >= 15 is 0 Å². The summed E-state index contributed by atoms with van der Waals surface area (Å²) in [5, 5.41) is 0. The van der Waals surface area contributed by atoms with E-state index in [1.165, 1.54) is 21.6 Å². The molecule has 4 heteroatoms. The van der Waals surface area contributed by atoms with E-state index in [4.69, 9.17) is 5.73 Å². The van der Waals surface area contributed by atoms with E-state index in [2.05, 4.69) is 0 Å². The van der Waals surface area contributed by atoms with E-state index < -0.39 is 0 Å². The number of hydrogen-bond donors (Lipinski definition) is 1. The maximum atomic E-state index is 9.91. The van der Waals surface area contributed by atoms with Crippen molar-refractivity contribution in [3.8, 4) is 0 Å². The van der Waals surface area contributed by atoms with Crippen molar-refractivity contribution in [2.75, 3.05) is 0 Å². The highest BCUT2D eigenvalue weighted by Crippen LogP contribution is 2.60. The van der Waals surface area contributed by atoms with Crippen LogP contribution in [0.25, 0.3) is 0 Å². The van der Waals surface area contributed by atoms with Gasteiger partial charge in [-0.15, -0.1) is 0 Å². The fourth-order valence-corrected chi connectivity index (χ4v) is 0.927. The van der Waals surface area contributed by atoms with Crippen molar-refractivity contribution in [1.29, 1.82) is 0 Å². The van der Waals surface area contributed by atoms with E-state index in [1.54, 1.807) is 0 Å². The Hall–Kier alpha value is 0.170. The summed E-state index contributed by atoms with van der Waals surface area (Å²) in [5.41, 5.74) is 4.78. The van der Waals surface area contributed by atoms with Crippen LogP contribution in [0.5, 0.6) is 0 Å². The molecule has 0 spiro atoms.